The number of carbonyl (C=O) groups is 2. The molecule has 0 aromatic heterocycles. The Labute approximate surface area is 148 Å². The van der Waals surface area contributed by atoms with Crippen LogP contribution in [0.3, 0.4) is 0 Å². The van der Waals surface area contributed by atoms with E-state index in [9.17, 15) is 9.59 Å². The SMILES string of the molecule is CNCCNC(=O)c1ccccc1SCC(=O)N1CCCC1.Cl. The van der Waals surface area contributed by atoms with Crippen molar-refractivity contribution >= 4 is 36.0 Å². The van der Waals surface area contributed by atoms with E-state index < -0.39 is 0 Å². The Morgan fingerprint density at radius 3 is 2.57 bits per heavy atom. The van der Waals surface area contributed by atoms with Gasteiger partial charge in [0.25, 0.3) is 5.91 Å². The molecule has 1 aliphatic heterocycles. The smallest absolute Gasteiger partial charge is 0.252 e. The van der Waals surface area contributed by atoms with E-state index in [1.54, 1.807) is 6.07 Å². The van der Waals surface area contributed by atoms with Crippen LogP contribution in [0.1, 0.15) is 23.2 Å². The number of nitrogens with one attached hydrogen (secondary N) is 2. The van der Waals surface area contributed by atoms with Crippen LogP contribution in [0.2, 0.25) is 0 Å². The Morgan fingerprint density at radius 2 is 1.87 bits per heavy atom. The van der Waals surface area contributed by atoms with Crippen LogP contribution in [0.4, 0.5) is 0 Å². The lowest BCUT2D eigenvalue weighted by Gasteiger charge is -2.15. The second kappa shape index (κ2) is 10.5. The molecule has 0 aliphatic carbocycles. The lowest BCUT2D eigenvalue weighted by Crippen LogP contribution is -2.31. The van der Waals surface area contributed by atoms with Crippen LogP contribution in [-0.2, 0) is 4.79 Å². The number of thioether (sulfide) groups is 1. The second-order valence-corrected chi connectivity index (χ2v) is 6.25. The molecule has 1 aromatic carbocycles. The summed E-state index contributed by atoms with van der Waals surface area (Å²) >= 11 is 1.44. The van der Waals surface area contributed by atoms with Crippen molar-refractivity contribution in [3.63, 3.8) is 0 Å². The third-order valence-electron chi connectivity index (χ3n) is 3.60. The third-order valence-corrected chi connectivity index (χ3v) is 4.66. The summed E-state index contributed by atoms with van der Waals surface area (Å²) in [7, 11) is 1.85. The monoisotopic (exact) mass is 357 g/mol. The zero-order valence-electron chi connectivity index (χ0n) is 13.3. The highest BCUT2D eigenvalue weighted by Crippen LogP contribution is 2.23. The first kappa shape index (κ1) is 19.8. The average Bonchev–Trinajstić information content (AvgIpc) is 3.07. The van der Waals surface area contributed by atoms with Gasteiger partial charge in [-0.2, -0.15) is 0 Å². The molecule has 0 spiro atoms. The molecular formula is C16H24ClN3O2S. The Bertz CT molecular complexity index is 522. The van der Waals surface area contributed by atoms with Crippen LogP contribution in [-0.4, -0.2) is 55.7 Å². The van der Waals surface area contributed by atoms with Crippen molar-refractivity contribution in [3.8, 4) is 0 Å². The number of nitrogens with zero attached hydrogens (tertiary/aromatic N) is 1. The summed E-state index contributed by atoms with van der Waals surface area (Å²) in [5, 5.41) is 5.86. The van der Waals surface area contributed by atoms with Gasteiger partial charge in [-0.25, -0.2) is 0 Å². The van der Waals surface area contributed by atoms with Gasteiger partial charge in [-0.15, -0.1) is 24.2 Å². The van der Waals surface area contributed by atoms with Gasteiger partial charge in [0.15, 0.2) is 0 Å². The fourth-order valence-corrected chi connectivity index (χ4v) is 3.33. The van der Waals surface area contributed by atoms with Crippen LogP contribution >= 0.6 is 24.2 Å². The first-order chi connectivity index (χ1) is 10.7. The molecule has 0 unspecified atom stereocenters. The van der Waals surface area contributed by atoms with E-state index >= 15 is 0 Å². The lowest BCUT2D eigenvalue weighted by molar-refractivity contribution is -0.127. The summed E-state index contributed by atoms with van der Waals surface area (Å²) in [4.78, 5) is 27.1. The van der Waals surface area contributed by atoms with E-state index in [1.165, 1.54) is 11.8 Å². The topological polar surface area (TPSA) is 61.4 Å². The van der Waals surface area contributed by atoms with E-state index in [4.69, 9.17) is 0 Å². The van der Waals surface area contributed by atoms with Crippen molar-refractivity contribution in [1.82, 2.24) is 15.5 Å². The van der Waals surface area contributed by atoms with Gasteiger partial charge in [-0.3, -0.25) is 9.59 Å². The summed E-state index contributed by atoms with van der Waals surface area (Å²) in [5.74, 6) is 0.459. The van der Waals surface area contributed by atoms with Crippen molar-refractivity contribution in [2.45, 2.75) is 17.7 Å². The zero-order valence-corrected chi connectivity index (χ0v) is 15.0. The summed E-state index contributed by atoms with van der Waals surface area (Å²) in [5.41, 5.74) is 0.637. The van der Waals surface area contributed by atoms with Crippen LogP contribution in [0.15, 0.2) is 29.2 Å². The molecule has 0 atom stereocenters. The highest BCUT2D eigenvalue weighted by Gasteiger charge is 2.19. The maximum absolute atomic E-state index is 12.2. The van der Waals surface area contributed by atoms with Crippen molar-refractivity contribution in [2.75, 3.05) is 39.0 Å². The van der Waals surface area contributed by atoms with Crippen LogP contribution in [0.25, 0.3) is 0 Å². The van der Waals surface area contributed by atoms with Gasteiger partial charge in [-0.05, 0) is 32.0 Å². The normalized spacial score (nSPS) is 13.5. The molecule has 5 nitrogen and oxygen atoms in total. The fraction of sp³-hybridized carbons (Fsp3) is 0.500. The summed E-state index contributed by atoms with van der Waals surface area (Å²) in [6.45, 7) is 3.05. The number of likely N-dealkylation sites (tertiary alicyclic amines) is 1. The highest BCUT2D eigenvalue weighted by atomic mass is 35.5. The van der Waals surface area contributed by atoms with Crippen molar-refractivity contribution in [2.24, 2.45) is 0 Å². The number of likely N-dealkylation sites (N-methyl/N-ethyl adjacent to an activating group) is 1. The van der Waals surface area contributed by atoms with Gasteiger partial charge in [0.05, 0.1) is 11.3 Å². The fourth-order valence-electron chi connectivity index (χ4n) is 2.37. The number of hydrogen-bond acceptors (Lipinski definition) is 4. The predicted octanol–water partition coefficient (Wildman–Crippen LogP) is 1.77. The molecule has 2 N–H and O–H groups in total. The minimum atomic E-state index is -0.0908. The molecule has 1 aliphatic rings. The lowest BCUT2D eigenvalue weighted by atomic mass is 10.2. The van der Waals surface area contributed by atoms with Gasteiger partial charge in [0, 0.05) is 31.1 Å². The molecule has 1 saturated heterocycles. The van der Waals surface area contributed by atoms with Crippen molar-refractivity contribution in [1.29, 1.82) is 0 Å². The van der Waals surface area contributed by atoms with E-state index in [2.05, 4.69) is 10.6 Å². The van der Waals surface area contributed by atoms with Crippen molar-refractivity contribution < 1.29 is 9.59 Å². The first-order valence-corrected chi connectivity index (χ1v) is 8.63. The molecule has 128 valence electrons. The zero-order chi connectivity index (χ0) is 15.8. The van der Waals surface area contributed by atoms with E-state index in [0.29, 0.717) is 17.9 Å². The summed E-state index contributed by atoms with van der Waals surface area (Å²) in [6, 6.07) is 7.44. The molecule has 0 bridgehead atoms. The Morgan fingerprint density at radius 1 is 1.17 bits per heavy atom. The minimum absolute atomic E-state index is 0. The van der Waals surface area contributed by atoms with Crippen LogP contribution in [0, 0.1) is 0 Å². The maximum Gasteiger partial charge on any atom is 0.252 e. The maximum atomic E-state index is 12.2. The Balaban J connectivity index is 0.00000264. The summed E-state index contributed by atoms with van der Waals surface area (Å²) in [6.07, 6.45) is 2.20. The van der Waals surface area contributed by atoms with Gasteiger partial charge in [0.1, 0.15) is 0 Å². The average molecular weight is 358 g/mol. The largest absolute Gasteiger partial charge is 0.351 e. The molecular weight excluding hydrogens is 334 g/mol. The second-order valence-electron chi connectivity index (χ2n) is 5.23. The van der Waals surface area contributed by atoms with Gasteiger partial charge >= 0.3 is 0 Å². The molecule has 23 heavy (non-hydrogen) atoms. The van der Waals surface area contributed by atoms with Crippen LogP contribution in [0.5, 0.6) is 0 Å². The third kappa shape index (κ3) is 6.05. The van der Waals surface area contributed by atoms with Gasteiger partial charge in [0.2, 0.25) is 5.91 Å². The number of amides is 2. The predicted molar refractivity (Wildman–Crippen MR) is 96.5 cm³/mol. The molecule has 2 amide bonds. The minimum Gasteiger partial charge on any atom is -0.351 e. The van der Waals surface area contributed by atoms with Gasteiger partial charge < -0.3 is 15.5 Å². The molecule has 0 saturated carbocycles. The number of rotatable bonds is 7. The molecule has 7 heteroatoms. The standard InChI is InChI=1S/C16H23N3O2S.ClH/c1-17-8-9-18-16(21)13-6-2-3-7-14(13)22-12-15(20)19-10-4-5-11-19;/h2-3,6-7,17H,4-5,8-12H2,1H3,(H,18,21);1H. The highest BCUT2D eigenvalue weighted by molar-refractivity contribution is 8.00. The molecule has 1 fully saturated rings. The number of benzene rings is 1. The van der Waals surface area contributed by atoms with Gasteiger partial charge in [-0.1, -0.05) is 12.1 Å². The number of halogens is 1. The molecule has 0 radical (unpaired) electrons. The Hall–Kier alpha value is -1.24. The van der Waals surface area contributed by atoms with Crippen molar-refractivity contribution in [3.05, 3.63) is 29.8 Å². The number of hydrogen-bond donors (Lipinski definition) is 2. The van der Waals surface area contributed by atoms with E-state index in [1.807, 2.05) is 30.1 Å². The molecule has 1 heterocycles. The number of carbonyl (C=O) groups excluding carboxylic acids is 2. The van der Waals surface area contributed by atoms with E-state index in [0.717, 1.165) is 37.4 Å². The Kier molecular flexibility index (Phi) is 9.06. The molecule has 1 aromatic rings. The van der Waals surface area contributed by atoms with E-state index in [-0.39, 0.29) is 24.2 Å². The first-order valence-electron chi connectivity index (χ1n) is 7.65. The molecule has 2 rings (SSSR count). The van der Waals surface area contributed by atoms with Crippen LogP contribution < -0.4 is 10.6 Å². The quantitative estimate of drug-likeness (QED) is 0.576. The summed E-state index contributed by atoms with van der Waals surface area (Å²) < 4.78 is 0.